The van der Waals surface area contributed by atoms with E-state index in [1.807, 2.05) is 17.9 Å². The number of hydrogen-bond donors (Lipinski definition) is 2. The largest absolute Gasteiger partial charge is 0.378 e. The molecule has 5 rings (SSSR count). The number of morpholine rings is 1. The first kappa shape index (κ1) is 20.9. The molecule has 1 spiro atoms. The lowest BCUT2D eigenvalue weighted by Crippen LogP contribution is -2.44. The van der Waals surface area contributed by atoms with Crippen LogP contribution < -0.4 is 20.4 Å². The van der Waals surface area contributed by atoms with Gasteiger partial charge in [0.15, 0.2) is 0 Å². The SMILES string of the molecule is Cc1cnc(Nc2ccc(N3CCOCC3)c(F)c2)nc1N1CCC2(CCNC2=O)CC1. The number of nitrogens with zero attached hydrogens (tertiary/aromatic N) is 4. The second-order valence-corrected chi connectivity index (χ2v) is 8.86. The number of halogens is 1. The molecule has 2 aromatic rings. The van der Waals surface area contributed by atoms with Crippen molar-refractivity contribution < 1.29 is 13.9 Å². The lowest BCUT2D eigenvalue weighted by Gasteiger charge is -2.38. The van der Waals surface area contributed by atoms with Gasteiger partial charge in [0.2, 0.25) is 11.9 Å². The van der Waals surface area contributed by atoms with Crippen molar-refractivity contribution in [2.24, 2.45) is 5.41 Å². The summed E-state index contributed by atoms with van der Waals surface area (Å²) in [4.78, 5) is 25.6. The van der Waals surface area contributed by atoms with Crippen LogP contribution in [-0.2, 0) is 9.53 Å². The Hall–Kier alpha value is -2.94. The minimum Gasteiger partial charge on any atom is -0.378 e. The Labute approximate surface area is 187 Å². The van der Waals surface area contributed by atoms with Crippen molar-refractivity contribution in [2.45, 2.75) is 26.2 Å². The summed E-state index contributed by atoms with van der Waals surface area (Å²) >= 11 is 0. The summed E-state index contributed by atoms with van der Waals surface area (Å²) in [6.45, 7) is 6.94. The first-order valence-corrected chi connectivity index (χ1v) is 11.3. The van der Waals surface area contributed by atoms with Crippen LogP contribution in [0.25, 0.3) is 0 Å². The Morgan fingerprint density at radius 3 is 2.59 bits per heavy atom. The van der Waals surface area contributed by atoms with E-state index in [9.17, 15) is 9.18 Å². The summed E-state index contributed by atoms with van der Waals surface area (Å²) in [7, 11) is 0. The first-order valence-electron chi connectivity index (χ1n) is 11.3. The number of ether oxygens (including phenoxy) is 1. The second-order valence-electron chi connectivity index (χ2n) is 8.86. The van der Waals surface area contributed by atoms with Crippen LogP contribution in [-0.4, -0.2) is 61.8 Å². The molecule has 3 saturated heterocycles. The summed E-state index contributed by atoms with van der Waals surface area (Å²) in [6, 6.07) is 5.12. The van der Waals surface area contributed by atoms with Gasteiger partial charge in [0, 0.05) is 50.2 Å². The molecule has 0 unspecified atom stereocenters. The maximum atomic E-state index is 14.7. The van der Waals surface area contributed by atoms with Crippen LogP contribution in [0, 0.1) is 18.2 Å². The van der Waals surface area contributed by atoms with Gasteiger partial charge in [-0.15, -0.1) is 0 Å². The van der Waals surface area contributed by atoms with Crippen molar-refractivity contribution >= 4 is 29.0 Å². The molecule has 2 N–H and O–H groups in total. The van der Waals surface area contributed by atoms with Crippen molar-refractivity contribution in [3.05, 3.63) is 35.8 Å². The molecular formula is C23H29FN6O2. The van der Waals surface area contributed by atoms with Gasteiger partial charge in [-0.05, 0) is 44.4 Å². The topological polar surface area (TPSA) is 82.6 Å². The van der Waals surface area contributed by atoms with E-state index in [1.54, 1.807) is 12.3 Å². The van der Waals surface area contributed by atoms with Crippen LogP contribution in [0.5, 0.6) is 0 Å². The van der Waals surface area contributed by atoms with Crippen molar-refractivity contribution in [3.63, 3.8) is 0 Å². The van der Waals surface area contributed by atoms with E-state index in [-0.39, 0.29) is 17.1 Å². The Morgan fingerprint density at radius 2 is 1.91 bits per heavy atom. The quantitative estimate of drug-likeness (QED) is 0.756. The number of aromatic nitrogens is 2. The number of rotatable bonds is 4. The van der Waals surface area contributed by atoms with E-state index < -0.39 is 0 Å². The number of nitrogens with one attached hydrogen (secondary N) is 2. The van der Waals surface area contributed by atoms with Gasteiger partial charge in [-0.2, -0.15) is 4.98 Å². The Bertz CT molecular complexity index is 1000. The average molecular weight is 441 g/mol. The minimum atomic E-state index is -0.277. The monoisotopic (exact) mass is 440 g/mol. The second kappa shape index (κ2) is 8.54. The van der Waals surface area contributed by atoms with Gasteiger partial charge in [-0.1, -0.05) is 0 Å². The average Bonchev–Trinajstić information content (AvgIpc) is 3.16. The van der Waals surface area contributed by atoms with E-state index in [0.29, 0.717) is 43.6 Å². The van der Waals surface area contributed by atoms with Gasteiger partial charge in [0.25, 0.3) is 0 Å². The summed E-state index contributed by atoms with van der Waals surface area (Å²) in [5.74, 6) is 1.21. The molecule has 3 fully saturated rings. The molecule has 9 heteroatoms. The lowest BCUT2D eigenvalue weighted by molar-refractivity contribution is -0.128. The predicted octanol–water partition coefficient (Wildman–Crippen LogP) is 2.61. The summed E-state index contributed by atoms with van der Waals surface area (Å²) in [5.41, 5.74) is 1.96. The summed E-state index contributed by atoms with van der Waals surface area (Å²) < 4.78 is 20.1. The highest BCUT2D eigenvalue weighted by Crippen LogP contribution is 2.39. The highest BCUT2D eigenvalue weighted by Gasteiger charge is 2.44. The molecule has 0 saturated carbocycles. The molecular weight excluding hydrogens is 411 g/mol. The van der Waals surface area contributed by atoms with Crippen LogP contribution in [0.4, 0.5) is 27.5 Å². The molecule has 3 aliphatic heterocycles. The van der Waals surface area contributed by atoms with Gasteiger partial charge >= 0.3 is 0 Å². The third-order valence-electron chi connectivity index (χ3n) is 6.89. The van der Waals surface area contributed by atoms with Gasteiger partial charge < -0.3 is 25.2 Å². The Morgan fingerprint density at radius 1 is 1.12 bits per heavy atom. The molecule has 0 radical (unpaired) electrons. The van der Waals surface area contributed by atoms with Crippen molar-refractivity contribution in [3.8, 4) is 0 Å². The maximum Gasteiger partial charge on any atom is 0.229 e. The molecule has 3 aliphatic rings. The van der Waals surface area contributed by atoms with Gasteiger partial charge in [0.05, 0.1) is 24.3 Å². The van der Waals surface area contributed by atoms with Gasteiger partial charge in [0.1, 0.15) is 11.6 Å². The molecule has 1 amide bonds. The molecule has 1 aromatic heterocycles. The minimum absolute atomic E-state index is 0.196. The number of hydrogen-bond acceptors (Lipinski definition) is 7. The van der Waals surface area contributed by atoms with Crippen LogP contribution in [0.2, 0.25) is 0 Å². The summed E-state index contributed by atoms with van der Waals surface area (Å²) in [6.07, 6.45) is 4.37. The van der Waals surface area contributed by atoms with E-state index in [0.717, 1.165) is 50.3 Å². The summed E-state index contributed by atoms with van der Waals surface area (Å²) in [5, 5.41) is 6.12. The van der Waals surface area contributed by atoms with Crippen LogP contribution >= 0.6 is 0 Å². The van der Waals surface area contributed by atoms with Crippen molar-refractivity contribution in [2.75, 3.05) is 61.1 Å². The molecule has 1 aromatic carbocycles. The standard InChI is InChI=1S/C23H29FN6O2/c1-16-15-26-22(27-17-2-3-19(18(24)14-17)29-10-12-32-13-11-29)28-20(16)30-8-5-23(6-9-30)4-7-25-21(23)31/h2-3,14-15H,4-13H2,1H3,(H,25,31)(H,26,27,28). The normalized spacial score (nSPS) is 20.5. The highest BCUT2D eigenvalue weighted by molar-refractivity contribution is 5.85. The van der Waals surface area contributed by atoms with Crippen LogP contribution in [0.1, 0.15) is 24.8 Å². The number of aryl methyl sites for hydroxylation is 1. The van der Waals surface area contributed by atoms with Crippen molar-refractivity contribution in [1.29, 1.82) is 0 Å². The third kappa shape index (κ3) is 3.97. The number of benzene rings is 1. The number of amides is 1. The zero-order valence-corrected chi connectivity index (χ0v) is 18.4. The molecule has 0 bridgehead atoms. The number of carbonyl (C=O) groups excluding carboxylic acids is 1. The van der Waals surface area contributed by atoms with Crippen molar-refractivity contribution in [1.82, 2.24) is 15.3 Å². The van der Waals surface area contributed by atoms with E-state index in [4.69, 9.17) is 9.72 Å². The zero-order chi connectivity index (χ0) is 22.1. The first-order chi connectivity index (χ1) is 15.5. The van der Waals surface area contributed by atoms with Gasteiger partial charge in [-0.25, -0.2) is 9.37 Å². The molecule has 0 atom stereocenters. The maximum absolute atomic E-state index is 14.7. The van der Waals surface area contributed by atoms with Crippen LogP contribution in [0.15, 0.2) is 24.4 Å². The van der Waals surface area contributed by atoms with E-state index >= 15 is 0 Å². The molecule has 8 nitrogen and oxygen atoms in total. The zero-order valence-electron chi connectivity index (χ0n) is 18.4. The molecule has 0 aliphatic carbocycles. The number of piperidine rings is 1. The third-order valence-corrected chi connectivity index (χ3v) is 6.89. The fourth-order valence-corrected chi connectivity index (χ4v) is 4.93. The number of anilines is 4. The fraction of sp³-hybridized carbons (Fsp3) is 0.522. The smallest absolute Gasteiger partial charge is 0.229 e. The van der Waals surface area contributed by atoms with Crippen LogP contribution in [0.3, 0.4) is 0 Å². The highest BCUT2D eigenvalue weighted by atomic mass is 19.1. The predicted molar refractivity (Wildman–Crippen MR) is 121 cm³/mol. The lowest BCUT2D eigenvalue weighted by atomic mass is 9.77. The Balaban J connectivity index is 1.29. The fourth-order valence-electron chi connectivity index (χ4n) is 4.93. The molecule has 32 heavy (non-hydrogen) atoms. The van der Waals surface area contributed by atoms with E-state index in [1.165, 1.54) is 6.07 Å². The molecule has 4 heterocycles. The number of carbonyl (C=O) groups is 1. The Kier molecular flexibility index (Phi) is 5.58. The molecule has 170 valence electrons. The van der Waals surface area contributed by atoms with E-state index in [2.05, 4.69) is 20.5 Å². The van der Waals surface area contributed by atoms with Gasteiger partial charge in [-0.3, -0.25) is 4.79 Å².